The molecule has 2 rings (SSSR count). The number of aryl methyl sites for hydroxylation is 1. The van der Waals surface area contributed by atoms with Crippen molar-refractivity contribution >= 4 is 43.0 Å². The van der Waals surface area contributed by atoms with Gasteiger partial charge in [-0.05, 0) is 41.1 Å². The lowest BCUT2D eigenvalue weighted by molar-refractivity contribution is 0.395. The lowest BCUT2D eigenvalue weighted by Gasteiger charge is -2.12. The summed E-state index contributed by atoms with van der Waals surface area (Å²) in [6.45, 7) is 1.76. The molecule has 2 aromatic rings. The van der Waals surface area contributed by atoms with Gasteiger partial charge >= 0.3 is 0 Å². The maximum absolute atomic E-state index is 12.4. The number of halogens is 1. The maximum Gasteiger partial charge on any atom is 0.263 e. The van der Waals surface area contributed by atoms with Gasteiger partial charge in [0.2, 0.25) is 0 Å². The largest absolute Gasteiger partial charge is 0.497 e. The summed E-state index contributed by atoms with van der Waals surface area (Å²) in [6.07, 6.45) is 0. The van der Waals surface area contributed by atoms with E-state index in [1.807, 2.05) is 0 Å². The van der Waals surface area contributed by atoms with E-state index in [9.17, 15) is 8.42 Å². The van der Waals surface area contributed by atoms with Gasteiger partial charge in [0.25, 0.3) is 10.0 Å². The van der Waals surface area contributed by atoms with Crippen molar-refractivity contribution in [2.45, 2.75) is 11.8 Å². The molecule has 1 heterocycles. The first-order valence-corrected chi connectivity index (χ1v) is 8.97. The fourth-order valence-electron chi connectivity index (χ4n) is 1.78. The van der Waals surface area contributed by atoms with Gasteiger partial charge in [-0.2, -0.15) is 0 Å². The number of thiophene rings is 1. The number of hydrogen-bond acceptors (Lipinski definition) is 5. The van der Waals surface area contributed by atoms with E-state index in [1.165, 1.54) is 25.6 Å². The van der Waals surface area contributed by atoms with Gasteiger partial charge in [-0.1, -0.05) is 0 Å². The smallest absolute Gasteiger partial charge is 0.263 e. The van der Waals surface area contributed by atoms with E-state index in [1.54, 1.807) is 31.2 Å². The Hall–Kier alpha value is -1.25. The van der Waals surface area contributed by atoms with Crippen LogP contribution in [-0.4, -0.2) is 22.6 Å². The summed E-state index contributed by atoms with van der Waals surface area (Å²) in [5.74, 6) is 0.981. The Morgan fingerprint density at radius 2 is 1.90 bits per heavy atom. The van der Waals surface area contributed by atoms with E-state index in [0.29, 0.717) is 22.1 Å². The standard InChI is InChI=1S/C13H14BrNO4S2/c1-8-12(7-13(14)20-8)21(16,17)15-10-5-4-9(18-2)6-11(10)19-3/h4-7,15H,1-3H3. The first-order valence-electron chi connectivity index (χ1n) is 5.88. The molecule has 21 heavy (non-hydrogen) atoms. The monoisotopic (exact) mass is 391 g/mol. The fourth-order valence-corrected chi connectivity index (χ4v) is 5.27. The molecule has 8 heteroatoms. The minimum atomic E-state index is -3.67. The molecule has 1 N–H and O–H groups in total. The average molecular weight is 392 g/mol. The molecule has 0 aliphatic carbocycles. The summed E-state index contributed by atoms with van der Waals surface area (Å²) >= 11 is 4.66. The van der Waals surface area contributed by atoms with Crippen molar-refractivity contribution in [3.05, 3.63) is 32.9 Å². The molecule has 0 fully saturated rings. The van der Waals surface area contributed by atoms with Crippen LogP contribution in [0.3, 0.4) is 0 Å². The molecule has 0 radical (unpaired) electrons. The highest BCUT2D eigenvalue weighted by Gasteiger charge is 2.21. The zero-order valence-corrected chi connectivity index (χ0v) is 14.9. The zero-order chi connectivity index (χ0) is 15.6. The van der Waals surface area contributed by atoms with Crippen LogP contribution in [0, 0.1) is 6.92 Å². The summed E-state index contributed by atoms with van der Waals surface area (Å²) in [4.78, 5) is 0.957. The predicted molar refractivity (Wildman–Crippen MR) is 87.1 cm³/mol. The highest BCUT2D eigenvalue weighted by molar-refractivity contribution is 9.11. The molecular weight excluding hydrogens is 378 g/mol. The second kappa shape index (κ2) is 6.25. The van der Waals surface area contributed by atoms with Gasteiger partial charge in [-0.15, -0.1) is 11.3 Å². The van der Waals surface area contributed by atoms with Gasteiger partial charge in [0, 0.05) is 10.9 Å². The Morgan fingerprint density at radius 3 is 2.43 bits per heavy atom. The molecule has 0 saturated carbocycles. The molecule has 0 bridgehead atoms. The van der Waals surface area contributed by atoms with Crippen LogP contribution in [0.5, 0.6) is 11.5 Å². The van der Waals surface area contributed by atoms with Crippen molar-refractivity contribution in [3.8, 4) is 11.5 Å². The maximum atomic E-state index is 12.4. The highest BCUT2D eigenvalue weighted by atomic mass is 79.9. The van der Waals surface area contributed by atoms with Gasteiger partial charge in [0.15, 0.2) is 0 Å². The first kappa shape index (κ1) is 16.1. The third-order valence-corrected chi connectivity index (χ3v) is 5.96. The second-order valence-corrected chi connectivity index (χ2v) is 8.43. The van der Waals surface area contributed by atoms with E-state index < -0.39 is 10.0 Å². The van der Waals surface area contributed by atoms with Crippen LogP contribution in [0.15, 0.2) is 32.9 Å². The van der Waals surface area contributed by atoms with Crippen LogP contribution >= 0.6 is 27.3 Å². The zero-order valence-electron chi connectivity index (χ0n) is 11.6. The molecule has 1 aromatic heterocycles. The number of sulfonamides is 1. The van der Waals surface area contributed by atoms with E-state index in [-0.39, 0.29) is 4.90 Å². The van der Waals surface area contributed by atoms with Crippen LogP contribution in [0.25, 0.3) is 0 Å². The van der Waals surface area contributed by atoms with Gasteiger partial charge in [-0.3, -0.25) is 4.72 Å². The third kappa shape index (κ3) is 3.50. The van der Waals surface area contributed by atoms with Gasteiger partial charge in [0.05, 0.1) is 23.7 Å². The molecular formula is C13H14BrNO4S2. The quantitative estimate of drug-likeness (QED) is 0.844. The van der Waals surface area contributed by atoms with Crippen LogP contribution < -0.4 is 14.2 Å². The Balaban J connectivity index is 2.39. The molecule has 114 valence electrons. The highest BCUT2D eigenvalue weighted by Crippen LogP contribution is 2.34. The summed E-state index contributed by atoms with van der Waals surface area (Å²) < 4.78 is 38.5. The van der Waals surface area contributed by atoms with Crippen molar-refractivity contribution in [1.82, 2.24) is 0 Å². The minimum absolute atomic E-state index is 0.247. The average Bonchev–Trinajstić information content (AvgIpc) is 2.78. The van der Waals surface area contributed by atoms with Crippen molar-refractivity contribution < 1.29 is 17.9 Å². The number of ether oxygens (including phenoxy) is 2. The summed E-state index contributed by atoms with van der Waals surface area (Å²) in [6, 6.07) is 6.47. The Morgan fingerprint density at radius 1 is 1.19 bits per heavy atom. The van der Waals surface area contributed by atoms with Crippen LogP contribution in [-0.2, 0) is 10.0 Å². The minimum Gasteiger partial charge on any atom is -0.497 e. The summed E-state index contributed by atoms with van der Waals surface area (Å²) in [5, 5.41) is 0. The Kier molecular flexibility index (Phi) is 4.80. The number of benzene rings is 1. The molecule has 0 saturated heterocycles. The van der Waals surface area contributed by atoms with Crippen molar-refractivity contribution in [2.24, 2.45) is 0 Å². The Bertz CT molecular complexity index is 756. The van der Waals surface area contributed by atoms with Gasteiger partial charge in [0.1, 0.15) is 16.4 Å². The van der Waals surface area contributed by atoms with Crippen LogP contribution in [0.4, 0.5) is 5.69 Å². The van der Waals surface area contributed by atoms with Crippen molar-refractivity contribution in [1.29, 1.82) is 0 Å². The number of anilines is 1. The lowest BCUT2D eigenvalue weighted by Crippen LogP contribution is -2.13. The molecule has 0 atom stereocenters. The molecule has 0 amide bonds. The van der Waals surface area contributed by atoms with Gasteiger partial charge < -0.3 is 9.47 Å². The summed E-state index contributed by atoms with van der Waals surface area (Å²) in [7, 11) is -0.662. The van der Waals surface area contributed by atoms with Crippen molar-refractivity contribution in [2.75, 3.05) is 18.9 Å². The first-order chi connectivity index (χ1) is 9.87. The van der Waals surface area contributed by atoms with E-state index in [2.05, 4.69) is 20.7 Å². The third-order valence-electron chi connectivity index (χ3n) is 2.78. The molecule has 0 spiro atoms. The Labute approximate surface area is 136 Å². The van der Waals surface area contributed by atoms with E-state index in [4.69, 9.17) is 9.47 Å². The number of hydrogen-bond donors (Lipinski definition) is 1. The molecule has 0 aliphatic rings. The van der Waals surface area contributed by atoms with Crippen LogP contribution in [0.1, 0.15) is 4.88 Å². The molecule has 5 nitrogen and oxygen atoms in total. The number of methoxy groups -OCH3 is 2. The normalized spacial score (nSPS) is 11.2. The van der Waals surface area contributed by atoms with Gasteiger partial charge in [-0.25, -0.2) is 8.42 Å². The molecule has 1 aromatic carbocycles. The molecule has 0 unspecified atom stereocenters. The number of nitrogens with one attached hydrogen (secondary N) is 1. The lowest BCUT2D eigenvalue weighted by atomic mass is 10.3. The molecule has 0 aliphatic heterocycles. The van der Waals surface area contributed by atoms with E-state index >= 15 is 0 Å². The second-order valence-electron chi connectivity index (χ2n) is 4.14. The predicted octanol–water partition coefficient (Wildman–Crippen LogP) is 3.64. The topological polar surface area (TPSA) is 64.6 Å². The fraction of sp³-hybridized carbons (Fsp3) is 0.231. The SMILES string of the molecule is COc1ccc(NS(=O)(=O)c2cc(Br)sc2C)c(OC)c1. The van der Waals surface area contributed by atoms with Crippen molar-refractivity contribution in [3.63, 3.8) is 0 Å². The summed E-state index contributed by atoms with van der Waals surface area (Å²) in [5.41, 5.74) is 0.361. The van der Waals surface area contributed by atoms with Crippen LogP contribution in [0.2, 0.25) is 0 Å². The van der Waals surface area contributed by atoms with E-state index in [0.717, 1.165) is 3.79 Å². The number of rotatable bonds is 5.